The SMILES string of the molecule is CC1(C)CCC(NC(=O)C(N)C(C)(C)C)CC1. The molecule has 100 valence electrons. The third-order valence-electron chi connectivity index (χ3n) is 3.90. The Morgan fingerprint density at radius 3 is 2.18 bits per heavy atom. The Morgan fingerprint density at radius 2 is 1.76 bits per heavy atom. The monoisotopic (exact) mass is 240 g/mol. The predicted octanol–water partition coefficient (Wildman–Crippen LogP) is 2.44. The van der Waals surface area contributed by atoms with E-state index in [-0.39, 0.29) is 11.3 Å². The number of carbonyl (C=O) groups is 1. The molecule has 0 bridgehead atoms. The summed E-state index contributed by atoms with van der Waals surface area (Å²) in [5.74, 6) is 0.00204. The standard InChI is InChI=1S/C14H28N2O/c1-13(2,3)11(15)12(17)16-10-6-8-14(4,5)9-7-10/h10-11H,6-9,15H2,1-5H3,(H,16,17). The molecule has 17 heavy (non-hydrogen) atoms. The van der Waals surface area contributed by atoms with Gasteiger partial charge in [-0.3, -0.25) is 4.79 Å². The van der Waals surface area contributed by atoms with Crippen LogP contribution in [-0.4, -0.2) is 18.0 Å². The Balaban J connectivity index is 2.43. The van der Waals surface area contributed by atoms with E-state index in [1.165, 1.54) is 12.8 Å². The van der Waals surface area contributed by atoms with Crippen LogP contribution in [0.15, 0.2) is 0 Å². The van der Waals surface area contributed by atoms with Crippen LogP contribution in [-0.2, 0) is 4.79 Å². The van der Waals surface area contributed by atoms with Crippen molar-refractivity contribution in [2.75, 3.05) is 0 Å². The lowest BCUT2D eigenvalue weighted by Crippen LogP contribution is -2.52. The van der Waals surface area contributed by atoms with Gasteiger partial charge >= 0.3 is 0 Å². The molecule has 3 nitrogen and oxygen atoms in total. The number of rotatable bonds is 2. The van der Waals surface area contributed by atoms with Crippen molar-refractivity contribution in [3.63, 3.8) is 0 Å². The number of hydrogen-bond acceptors (Lipinski definition) is 2. The summed E-state index contributed by atoms with van der Waals surface area (Å²) in [6.07, 6.45) is 4.52. The summed E-state index contributed by atoms with van der Waals surface area (Å²) in [4.78, 5) is 12.0. The van der Waals surface area contributed by atoms with Crippen molar-refractivity contribution in [1.29, 1.82) is 0 Å². The van der Waals surface area contributed by atoms with Gasteiger partial charge in [-0.25, -0.2) is 0 Å². The Hall–Kier alpha value is -0.570. The summed E-state index contributed by atoms with van der Waals surface area (Å²) in [5, 5.41) is 3.10. The fraction of sp³-hybridized carbons (Fsp3) is 0.929. The van der Waals surface area contributed by atoms with Crippen LogP contribution in [0.4, 0.5) is 0 Å². The molecule has 0 saturated heterocycles. The zero-order valence-corrected chi connectivity index (χ0v) is 12.0. The highest BCUT2D eigenvalue weighted by Gasteiger charge is 2.31. The smallest absolute Gasteiger partial charge is 0.237 e. The lowest BCUT2D eigenvalue weighted by Gasteiger charge is -2.36. The molecule has 0 aliphatic heterocycles. The van der Waals surface area contributed by atoms with Gasteiger partial charge in [-0.05, 0) is 36.5 Å². The highest BCUT2D eigenvalue weighted by atomic mass is 16.2. The van der Waals surface area contributed by atoms with Crippen LogP contribution < -0.4 is 11.1 Å². The molecule has 1 aliphatic carbocycles. The predicted molar refractivity (Wildman–Crippen MR) is 71.6 cm³/mol. The van der Waals surface area contributed by atoms with Crippen molar-refractivity contribution in [3.8, 4) is 0 Å². The van der Waals surface area contributed by atoms with Crippen molar-refractivity contribution in [2.45, 2.75) is 72.4 Å². The van der Waals surface area contributed by atoms with Gasteiger partial charge in [-0.1, -0.05) is 34.6 Å². The van der Waals surface area contributed by atoms with Crippen molar-refractivity contribution in [3.05, 3.63) is 0 Å². The summed E-state index contributed by atoms with van der Waals surface area (Å²) >= 11 is 0. The topological polar surface area (TPSA) is 55.1 Å². The van der Waals surface area contributed by atoms with Gasteiger partial charge in [0.15, 0.2) is 0 Å². The van der Waals surface area contributed by atoms with E-state index in [1.54, 1.807) is 0 Å². The van der Waals surface area contributed by atoms with Crippen molar-refractivity contribution in [2.24, 2.45) is 16.6 Å². The summed E-state index contributed by atoms with van der Waals surface area (Å²) < 4.78 is 0. The quantitative estimate of drug-likeness (QED) is 0.779. The van der Waals surface area contributed by atoms with E-state index in [1.807, 2.05) is 20.8 Å². The molecule has 1 atom stereocenters. The number of carbonyl (C=O) groups excluding carboxylic acids is 1. The molecule has 1 unspecified atom stereocenters. The summed E-state index contributed by atoms with van der Waals surface area (Å²) in [6.45, 7) is 10.6. The van der Waals surface area contributed by atoms with Crippen molar-refractivity contribution >= 4 is 5.91 Å². The van der Waals surface area contributed by atoms with E-state index >= 15 is 0 Å². The van der Waals surface area contributed by atoms with E-state index in [9.17, 15) is 4.79 Å². The zero-order valence-electron chi connectivity index (χ0n) is 12.0. The average molecular weight is 240 g/mol. The summed E-state index contributed by atoms with van der Waals surface area (Å²) in [5.41, 5.74) is 6.22. The van der Waals surface area contributed by atoms with Gasteiger partial charge in [-0.15, -0.1) is 0 Å². The molecule has 3 heteroatoms. The normalized spacial score (nSPS) is 23.2. The molecule has 1 aliphatic rings. The van der Waals surface area contributed by atoms with Crippen LogP contribution in [0.3, 0.4) is 0 Å². The molecule has 1 amide bonds. The highest BCUT2D eigenvalue weighted by molar-refractivity contribution is 5.82. The number of amides is 1. The van der Waals surface area contributed by atoms with Crippen LogP contribution >= 0.6 is 0 Å². The van der Waals surface area contributed by atoms with Crippen LogP contribution in [0.1, 0.15) is 60.3 Å². The first-order valence-corrected chi connectivity index (χ1v) is 6.68. The molecule has 0 aromatic rings. The lowest BCUT2D eigenvalue weighted by molar-refractivity contribution is -0.125. The third kappa shape index (κ3) is 4.30. The Kier molecular flexibility index (Phi) is 4.23. The van der Waals surface area contributed by atoms with Gasteiger partial charge < -0.3 is 11.1 Å². The van der Waals surface area contributed by atoms with Crippen molar-refractivity contribution in [1.82, 2.24) is 5.32 Å². The molecule has 1 saturated carbocycles. The van der Waals surface area contributed by atoms with Gasteiger partial charge in [0.25, 0.3) is 0 Å². The second kappa shape index (κ2) is 4.97. The van der Waals surface area contributed by atoms with Gasteiger partial charge in [0.05, 0.1) is 6.04 Å². The first kappa shape index (κ1) is 14.5. The van der Waals surface area contributed by atoms with Crippen LogP contribution in [0.5, 0.6) is 0 Å². The molecule has 0 aromatic heterocycles. The zero-order chi connectivity index (χ0) is 13.3. The van der Waals surface area contributed by atoms with Gasteiger partial charge in [-0.2, -0.15) is 0 Å². The van der Waals surface area contributed by atoms with E-state index in [0.29, 0.717) is 11.5 Å². The van der Waals surface area contributed by atoms with Gasteiger partial charge in [0, 0.05) is 6.04 Å². The molecular weight excluding hydrogens is 212 g/mol. The Bertz CT molecular complexity index is 268. The maximum Gasteiger partial charge on any atom is 0.237 e. The molecule has 0 radical (unpaired) electrons. The van der Waals surface area contributed by atoms with E-state index < -0.39 is 6.04 Å². The largest absolute Gasteiger partial charge is 0.352 e. The molecule has 3 N–H and O–H groups in total. The molecule has 0 heterocycles. The fourth-order valence-corrected chi connectivity index (χ4v) is 2.23. The number of nitrogens with two attached hydrogens (primary N) is 1. The van der Waals surface area contributed by atoms with Crippen LogP contribution in [0.2, 0.25) is 0 Å². The Labute approximate surface area is 106 Å². The molecule has 1 fully saturated rings. The first-order valence-electron chi connectivity index (χ1n) is 6.68. The maximum atomic E-state index is 12.0. The van der Waals surface area contributed by atoms with E-state index in [0.717, 1.165) is 12.8 Å². The Morgan fingerprint density at radius 1 is 1.29 bits per heavy atom. The number of nitrogens with one attached hydrogen (secondary N) is 1. The molecule has 1 rings (SSSR count). The number of hydrogen-bond donors (Lipinski definition) is 2. The maximum absolute atomic E-state index is 12.0. The van der Waals surface area contributed by atoms with Crippen molar-refractivity contribution < 1.29 is 4.79 Å². The minimum absolute atomic E-state index is 0.00204. The van der Waals surface area contributed by atoms with Gasteiger partial charge in [0.2, 0.25) is 5.91 Å². The van der Waals surface area contributed by atoms with Gasteiger partial charge in [0.1, 0.15) is 0 Å². The molecular formula is C14H28N2O. The minimum atomic E-state index is -0.419. The molecule has 0 spiro atoms. The fourth-order valence-electron chi connectivity index (χ4n) is 2.23. The molecule has 0 aromatic carbocycles. The second-order valence-corrected chi connectivity index (χ2v) is 7.29. The average Bonchev–Trinajstić information content (AvgIpc) is 2.18. The minimum Gasteiger partial charge on any atom is -0.352 e. The first-order chi connectivity index (χ1) is 7.62. The third-order valence-corrected chi connectivity index (χ3v) is 3.90. The lowest BCUT2D eigenvalue weighted by atomic mass is 9.75. The van der Waals surface area contributed by atoms with E-state index in [2.05, 4.69) is 19.2 Å². The van der Waals surface area contributed by atoms with E-state index in [4.69, 9.17) is 5.73 Å². The highest BCUT2D eigenvalue weighted by Crippen LogP contribution is 2.35. The second-order valence-electron chi connectivity index (χ2n) is 7.29. The summed E-state index contributed by atoms with van der Waals surface area (Å²) in [7, 11) is 0. The summed E-state index contributed by atoms with van der Waals surface area (Å²) in [6, 6.07) is -0.0960. The van der Waals surface area contributed by atoms with Crippen LogP contribution in [0, 0.1) is 10.8 Å². The van der Waals surface area contributed by atoms with Crippen LogP contribution in [0.25, 0.3) is 0 Å².